The third kappa shape index (κ3) is 4.01. The topological polar surface area (TPSA) is 27.7 Å². The van der Waals surface area contributed by atoms with E-state index < -0.39 is 14.1 Å². The smallest absolute Gasteiger partial charge is 0.192 e. The van der Waals surface area contributed by atoms with Gasteiger partial charge < -0.3 is 13.9 Å². The Morgan fingerprint density at radius 1 is 0.829 bits per heavy atom. The molecule has 4 heteroatoms. The summed E-state index contributed by atoms with van der Waals surface area (Å²) >= 11 is 0. The maximum atomic E-state index is 7.03. The zero-order valence-corrected chi connectivity index (χ0v) is 25.3. The molecule has 0 aromatic heterocycles. The largest absolute Gasteiger partial charge is 0.414 e. The van der Waals surface area contributed by atoms with Gasteiger partial charge in [-0.1, -0.05) is 40.5 Å². The molecule has 4 aliphatic carbocycles. The summed E-state index contributed by atoms with van der Waals surface area (Å²) in [5.74, 6) is 9.51. The van der Waals surface area contributed by atoms with E-state index in [2.05, 4.69) is 73.4 Å². The Morgan fingerprint density at radius 3 is 2.11 bits per heavy atom. The van der Waals surface area contributed by atoms with Crippen LogP contribution in [-0.4, -0.2) is 32.4 Å². The fraction of sp³-hybridized carbons (Fsp3) is 0.935. The van der Waals surface area contributed by atoms with Crippen LogP contribution in [0, 0.1) is 52.3 Å². The molecule has 10 atom stereocenters. The highest BCUT2D eigenvalue weighted by molar-refractivity contribution is 6.74. The van der Waals surface area contributed by atoms with E-state index in [1.807, 2.05) is 6.92 Å². The number of hydrogen-bond donors (Lipinski definition) is 0. The minimum atomic E-state index is -1.80. The van der Waals surface area contributed by atoms with Gasteiger partial charge >= 0.3 is 0 Å². The average molecular weight is 501 g/mol. The van der Waals surface area contributed by atoms with Gasteiger partial charge in [-0.3, -0.25) is 0 Å². The lowest BCUT2D eigenvalue weighted by Crippen LogP contribution is -2.63. The molecule has 3 nitrogen and oxygen atoms in total. The van der Waals surface area contributed by atoms with Gasteiger partial charge in [0.2, 0.25) is 0 Å². The first-order valence-corrected chi connectivity index (χ1v) is 17.5. The van der Waals surface area contributed by atoms with Crippen molar-refractivity contribution in [3.63, 3.8) is 0 Å². The van der Waals surface area contributed by atoms with Crippen molar-refractivity contribution >= 4 is 8.32 Å². The Labute approximate surface area is 217 Å². The highest BCUT2D eigenvalue weighted by Gasteiger charge is 2.68. The minimum absolute atomic E-state index is 0.195. The van der Waals surface area contributed by atoms with Crippen molar-refractivity contribution in [2.75, 3.05) is 0 Å². The van der Waals surface area contributed by atoms with Crippen LogP contribution in [0.5, 0.6) is 0 Å². The maximum absolute atomic E-state index is 7.03. The van der Waals surface area contributed by atoms with Gasteiger partial charge in [0.15, 0.2) is 14.1 Å². The summed E-state index contributed by atoms with van der Waals surface area (Å²) in [7, 11) is -1.80. The number of hydrogen-bond acceptors (Lipinski definition) is 3. The first-order chi connectivity index (χ1) is 16.1. The Kier molecular flexibility index (Phi) is 6.25. The molecular formula is C31H52O3Si. The van der Waals surface area contributed by atoms with E-state index in [1.165, 1.54) is 38.5 Å². The van der Waals surface area contributed by atoms with Gasteiger partial charge in [-0.25, -0.2) is 0 Å². The summed E-state index contributed by atoms with van der Waals surface area (Å²) in [6, 6.07) is 0. The third-order valence-corrected chi connectivity index (χ3v) is 16.6. The van der Waals surface area contributed by atoms with Crippen LogP contribution in [0.15, 0.2) is 0 Å². The van der Waals surface area contributed by atoms with E-state index in [0.29, 0.717) is 40.6 Å². The number of ether oxygens (including phenoxy) is 2. The number of rotatable bonds is 2. The molecule has 1 heterocycles. The zero-order valence-electron chi connectivity index (χ0n) is 24.3. The summed E-state index contributed by atoms with van der Waals surface area (Å²) in [4.78, 5) is 0. The van der Waals surface area contributed by atoms with Gasteiger partial charge in [0.05, 0.1) is 12.2 Å². The Morgan fingerprint density at radius 2 is 1.46 bits per heavy atom. The molecule has 4 saturated carbocycles. The fourth-order valence-corrected chi connectivity index (χ4v) is 10.7. The Bertz CT molecular complexity index is 893. The van der Waals surface area contributed by atoms with E-state index in [-0.39, 0.29) is 17.2 Å². The van der Waals surface area contributed by atoms with Crippen LogP contribution in [0.25, 0.3) is 0 Å². The van der Waals surface area contributed by atoms with Crippen LogP contribution in [-0.2, 0) is 13.9 Å². The van der Waals surface area contributed by atoms with Crippen LogP contribution < -0.4 is 0 Å². The van der Waals surface area contributed by atoms with Crippen molar-refractivity contribution in [3.8, 4) is 11.8 Å². The molecule has 5 fully saturated rings. The second kappa shape index (κ2) is 8.33. The predicted molar refractivity (Wildman–Crippen MR) is 145 cm³/mol. The third-order valence-electron chi connectivity index (χ3n) is 12.1. The molecule has 0 amide bonds. The van der Waals surface area contributed by atoms with E-state index in [9.17, 15) is 0 Å². The molecule has 1 aliphatic heterocycles. The highest BCUT2D eigenvalue weighted by atomic mass is 28.4. The first kappa shape index (κ1) is 26.3. The molecule has 0 bridgehead atoms. The highest BCUT2D eigenvalue weighted by Crippen LogP contribution is 2.69. The molecule has 1 saturated heterocycles. The second-order valence-corrected chi connectivity index (χ2v) is 20.1. The summed E-state index contributed by atoms with van der Waals surface area (Å²) in [5.41, 5.74) is 0.648. The van der Waals surface area contributed by atoms with Gasteiger partial charge in [-0.05, 0) is 118 Å². The molecule has 0 radical (unpaired) electrons. The molecule has 198 valence electrons. The van der Waals surface area contributed by atoms with Gasteiger partial charge in [0.25, 0.3) is 0 Å². The van der Waals surface area contributed by atoms with Gasteiger partial charge in [0, 0.05) is 12.0 Å². The van der Waals surface area contributed by atoms with Crippen LogP contribution in [0.2, 0.25) is 18.1 Å². The van der Waals surface area contributed by atoms with Crippen LogP contribution >= 0.6 is 0 Å². The van der Waals surface area contributed by atoms with Crippen molar-refractivity contribution in [1.82, 2.24) is 0 Å². The van der Waals surface area contributed by atoms with Crippen molar-refractivity contribution in [1.29, 1.82) is 0 Å². The summed E-state index contributed by atoms with van der Waals surface area (Å²) < 4.78 is 20.7. The lowest BCUT2D eigenvalue weighted by molar-refractivity contribution is -0.186. The molecular weight excluding hydrogens is 448 g/mol. The van der Waals surface area contributed by atoms with E-state index >= 15 is 0 Å². The molecule has 0 spiro atoms. The molecule has 4 unspecified atom stereocenters. The predicted octanol–water partition coefficient (Wildman–Crippen LogP) is 7.80. The molecule has 0 aromatic rings. The van der Waals surface area contributed by atoms with Crippen molar-refractivity contribution in [3.05, 3.63) is 0 Å². The van der Waals surface area contributed by atoms with Gasteiger partial charge in [-0.2, -0.15) is 0 Å². The normalized spacial score (nSPS) is 48.7. The van der Waals surface area contributed by atoms with E-state index in [1.54, 1.807) is 0 Å². The molecule has 5 rings (SSSR count). The maximum Gasteiger partial charge on any atom is 0.192 e. The van der Waals surface area contributed by atoms with Crippen molar-refractivity contribution in [2.24, 2.45) is 40.4 Å². The standard InChI is InChI=1S/C31H52O3Si/c1-11-12-20-13-14-22-25-23(16-18-30(20,22)7)31(8)17-15-21(34-35(9,10)28(2,3)4)19-24(31)26-27(25)33-29(5,6)32-26/h20-27H,13-19H2,1-10H3/t20-,21-,22?,23?,24?,25?,26+,27+,30+,31+/m0/s1. The SMILES string of the molecule is CC#C[C@H]1CCC2C3C(CC[C@@]21C)[C@@]1(C)CC[C@H](O[Si](C)(C)C(C)(C)C)CC1[C@H]1OC(C)(C)O[C@H]31. The van der Waals surface area contributed by atoms with Crippen LogP contribution in [0.4, 0.5) is 0 Å². The van der Waals surface area contributed by atoms with Gasteiger partial charge in [-0.15, -0.1) is 5.92 Å². The molecule has 35 heavy (non-hydrogen) atoms. The molecule has 0 aromatic carbocycles. The molecule has 5 aliphatic rings. The van der Waals surface area contributed by atoms with Crippen LogP contribution in [0.3, 0.4) is 0 Å². The lowest BCUT2D eigenvalue weighted by atomic mass is 9.43. The summed E-state index contributed by atoms with van der Waals surface area (Å²) in [6.07, 6.45) is 9.61. The summed E-state index contributed by atoms with van der Waals surface area (Å²) in [6.45, 7) is 23.4. The Hall–Kier alpha value is -0.343. The van der Waals surface area contributed by atoms with E-state index in [0.717, 1.165) is 12.3 Å². The zero-order chi connectivity index (χ0) is 25.6. The van der Waals surface area contributed by atoms with Crippen molar-refractivity contribution in [2.45, 2.75) is 143 Å². The minimum Gasteiger partial charge on any atom is -0.414 e. The summed E-state index contributed by atoms with van der Waals surface area (Å²) in [5, 5.41) is 0.247. The van der Waals surface area contributed by atoms with Gasteiger partial charge in [0.1, 0.15) is 0 Å². The fourth-order valence-electron chi connectivity index (χ4n) is 9.26. The van der Waals surface area contributed by atoms with Crippen LogP contribution in [0.1, 0.15) is 100 Å². The van der Waals surface area contributed by atoms with E-state index in [4.69, 9.17) is 13.9 Å². The monoisotopic (exact) mass is 500 g/mol. The second-order valence-electron chi connectivity index (χ2n) is 15.3. The lowest BCUT2D eigenvalue weighted by Gasteiger charge is -2.63. The quantitative estimate of drug-likeness (QED) is 0.286. The van der Waals surface area contributed by atoms with Crippen molar-refractivity contribution < 1.29 is 13.9 Å². The first-order valence-electron chi connectivity index (χ1n) is 14.6. The Balaban J connectivity index is 1.47. The molecule has 0 N–H and O–H groups in total. The average Bonchev–Trinajstić information content (AvgIpc) is 3.24. The number of fused-ring (bicyclic) bond motifs is 8.